The third-order valence-electron chi connectivity index (χ3n) is 6.67. The van der Waals surface area contributed by atoms with E-state index in [9.17, 15) is 0 Å². The molecule has 4 saturated carbocycles. The van der Waals surface area contributed by atoms with Gasteiger partial charge in [-0.15, -0.1) is 0 Å². The van der Waals surface area contributed by atoms with E-state index in [-0.39, 0.29) is 0 Å². The number of nitrogens with zero attached hydrogens (tertiary/aromatic N) is 1. The monoisotopic (exact) mass is 236 g/mol. The number of hydrogen-bond donors (Lipinski definition) is 0. The average Bonchev–Trinajstić information content (AvgIpc) is 2.11. The summed E-state index contributed by atoms with van der Waals surface area (Å²) in [7, 11) is 4.97. The van der Waals surface area contributed by atoms with Crippen molar-refractivity contribution in [2.45, 2.75) is 64.8 Å². The van der Waals surface area contributed by atoms with Crippen LogP contribution in [-0.4, -0.2) is 30.7 Å². The summed E-state index contributed by atoms with van der Waals surface area (Å²) in [6.07, 6.45) is 9.04. The van der Waals surface area contributed by atoms with Gasteiger partial charge in [0, 0.05) is 19.3 Å². The van der Waals surface area contributed by atoms with Crippen LogP contribution in [0.4, 0.5) is 0 Å². The van der Waals surface area contributed by atoms with Gasteiger partial charge in [0.1, 0.15) is 5.54 Å². The standard InChI is InChI=1S/C16H30N/c1-6-17(4,5)16-9-13-7-14(2,11-16)10-15(3,8-13)12-16/h13H,6-12H2,1-5H3/q+1. The van der Waals surface area contributed by atoms with Crippen LogP contribution >= 0.6 is 0 Å². The molecule has 0 aliphatic heterocycles. The zero-order chi connectivity index (χ0) is 12.5. The minimum absolute atomic E-state index is 0.609. The summed E-state index contributed by atoms with van der Waals surface area (Å²) in [6, 6.07) is 0. The summed E-state index contributed by atoms with van der Waals surface area (Å²) in [5, 5.41) is 0. The SMILES string of the molecule is CC[N+](C)(C)C12CC3CC(C)(CC(C)(C3)C1)C2. The molecule has 0 amide bonds. The topological polar surface area (TPSA) is 0 Å². The van der Waals surface area contributed by atoms with Crippen LogP contribution in [-0.2, 0) is 0 Å². The van der Waals surface area contributed by atoms with Crippen molar-refractivity contribution in [3.8, 4) is 0 Å². The Bertz CT molecular complexity index is 325. The fraction of sp³-hybridized carbons (Fsp3) is 1.00. The van der Waals surface area contributed by atoms with E-state index in [2.05, 4.69) is 34.9 Å². The summed E-state index contributed by atoms with van der Waals surface area (Å²) < 4.78 is 1.26. The van der Waals surface area contributed by atoms with Gasteiger partial charge in [-0.3, -0.25) is 0 Å². The van der Waals surface area contributed by atoms with Gasteiger partial charge >= 0.3 is 0 Å². The molecule has 4 rings (SSSR count). The fourth-order valence-corrected chi connectivity index (χ4v) is 6.40. The van der Waals surface area contributed by atoms with E-state index in [1.165, 1.54) is 49.6 Å². The molecule has 2 unspecified atom stereocenters. The fourth-order valence-electron chi connectivity index (χ4n) is 6.40. The van der Waals surface area contributed by atoms with Crippen LogP contribution in [0, 0.1) is 16.7 Å². The van der Waals surface area contributed by atoms with E-state index in [0.717, 1.165) is 5.92 Å². The molecule has 0 aromatic rings. The van der Waals surface area contributed by atoms with Gasteiger partial charge in [-0.25, -0.2) is 0 Å². The molecule has 2 atom stereocenters. The molecule has 0 N–H and O–H groups in total. The first kappa shape index (κ1) is 12.0. The number of rotatable bonds is 2. The Labute approximate surface area is 107 Å². The maximum atomic E-state index is 2.58. The van der Waals surface area contributed by atoms with E-state index in [4.69, 9.17) is 0 Å². The van der Waals surface area contributed by atoms with Crippen molar-refractivity contribution in [2.75, 3.05) is 20.6 Å². The normalized spacial score (nSPS) is 53.1. The van der Waals surface area contributed by atoms with Crippen LogP contribution in [0.2, 0.25) is 0 Å². The van der Waals surface area contributed by atoms with Crippen molar-refractivity contribution in [2.24, 2.45) is 16.7 Å². The molecule has 98 valence electrons. The van der Waals surface area contributed by atoms with Crippen molar-refractivity contribution in [1.82, 2.24) is 0 Å². The Kier molecular flexibility index (Phi) is 2.19. The minimum atomic E-state index is 0.609. The molecule has 0 saturated heterocycles. The van der Waals surface area contributed by atoms with Gasteiger partial charge in [0.05, 0.1) is 20.6 Å². The second-order valence-electron chi connectivity index (χ2n) is 8.86. The number of quaternary nitrogens is 1. The van der Waals surface area contributed by atoms with Crippen LogP contribution in [0.25, 0.3) is 0 Å². The highest BCUT2D eigenvalue weighted by atomic mass is 15.4. The van der Waals surface area contributed by atoms with Crippen LogP contribution in [0.1, 0.15) is 59.3 Å². The zero-order valence-corrected chi connectivity index (χ0v) is 12.5. The third kappa shape index (κ3) is 1.54. The molecule has 1 heteroatoms. The molecule has 4 bridgehead atoms. The lowest BCUT2D eigenvalue weighted by atomic mass is 9.42. The summed E-state index contributed by atoms with van der Waals surface area (Å²) in [6.45, 7) is 8.84. The summed E-state index contributed by atoms with van der Waals surface area (Å²) in [5.41, 5.74) is 1.94. The maximum absolute atomic E-state index is 2.58. The molecule has 4 fully saturated rings. The molecule has 0 aromatic heterocycles. The van der Waals surface area contributed by atoms with Gasteiger partial charge in [0.2, 0.25) is 0 Å². The van der Waals surface area contributed by atoms with Crippen molar-refractivity contribution in [1.29, 1.82) is 0 Å². The van der Waals surface area contributed by atoms with Gasteiger partial charge in [-0.1, -0.05) is 13.8 Å². The van der Waals surface area contributed by atoms with E-state index >= 15 is 0 Å². The van der Waals surface area contributed by atoms with Gasteiger partial charge in [0.15, 0.2) is 0 Å². The lowest BCUT2D eigenvalue weighted by Crippen LogP contribution is -2.70. The minimum Gasteiger partial charge on any atom is -0.324 e. The average molecular weight is 236 g/mol. The largest absolute Gasteiger partial charge is 0.324 e. The predicted molar refractivity (Wildman–Crippen MR) is 72.8 cm³/mol. The molecule has 0 spiro atoms. The molecule has 0 radical (unpaired) electrons. The number of hydrogen-bond acceptors (Lipinski definition) is 0. The van der Waals surface area contributed by atoms with Gasteiger partial charge in [-0.05, 0) is 42.9 Å². The lowest BCUT2D eigenvalue weighted by molar-refractivity contribution is -0.947. The third-order valence-corrected chi connectivity index (χ3v) is 6.67. The molecular formula is C16H30N+. The van der Waals surface area contributed by atoms with Crippen LogP contribution in [0.5, 0.6) is 0 Å². The van der Waals surface area contributed by atoms with E-state index < -0.39 is 0 Å². The molecule has 17 heavy (non-hydrogen) atoms. The quantitative estimate of drug-likeness (QED) is 0.639. The van der Waals surface area contributed by atoms with Gasteiger partial charge < -0.3 is 4.48 Å². The Balaban J connectivity index is 2.03. The highest BCUT2D eigenvalue weighted by Crippen LogP contribution is 2.68. The zero-order valence-electron chi connectivity index (χ0n) is 12.5. The first-order valence-corrected chi connectivity index (χ1v) is 7.55. The Morgan fingerprint density at radius 3 is 1.88 bits per heavy atom. The highest BCUT2D eigenvalue weighted by molar-refractivity contribution is 5.11. The van der Waals surface area contributed by atoms with E-state index in [1.807, 2.05) is 0 Å². The first-order valence-electron chi connectivity index (χ1n) is 7.55. The smallest absolute Gasteiger partial charge is 0.100 e. The molecular weight excluding hydrogens is 206 g/mol. The molecule has 1 nitrogen and oxygen atoms in total. The molecule has 4 aliphatic carbocycles. The van der Waals surface area contributed by atoms with Crippen molar-refractivity contribution >= 4 is 0 Å². The summed E-state index contributed by atoms with van der Waals surface area (Å²) in [4.78, 5) is 0. The highest BCUT2D eigenvalue weighted by Gasteiger charge is 2.65. The van der Waals surface area contributed by atoms with Crippen molar-refractivity contribution in [3.63, 3.8) is 0 Å². The van der Waals surface area contributed by atoms with Crippen LogP contribution < -0.4 is 0 Å². The molecule has 0 aromatic carbocycles. The predicted octanol–water partition coefficient (Wildman–Crippen LogP) is 3.83. The van der Waals surface area contributed by atoms with Crippen LogP contribution in [0.15, 0.2) is 0 Å². The van der Waals surface area contributed by atoms with Crippen molar-refractivity contribution < 1.29 is 4.48 Å². The molecule has 0 heterocycles. The molecule has 4 aliphatic rings. The summed E-state index contributed by atoms with van der Waals surface area (Å²) >= 11 is 0. The Morgan fingerprint density at radius 2 is 1.47 bits per heavy atom. The Morgan fingerprint density at radius 1 is 0.941 bits per heavy atom. The lowest BCUT2D eigenvalue weighted by Gasteiger charge is -2.68. The second-order valence-corrected chi connectivity index (χ2v) is 8.86. The van der Waals surface area contributed by atoms with E-state index in [0.29, 0.717) is 16.4 Å². The van der Waals surface area contributed by atoms with Gasteiger partial charge in [-0.2, -0.15) is 0 Å². The van der Waals surface area contributed by atoms with Crippen molar-refractivity contribution in [3.05, 3.63) is 0 Å². The summed E-state index contributed by atoms with van der Waals surface area (Å²) in [5.74, 6) is 1.03. The van der Waals surface area contributed by atoms with E-state index in [1.54, 1.807) is 0 Å². The van der Waals surface area contributed by atoms with Crippen LogP contribution in [0.3, 0.4) is 0 Å². The second kappa shape index (κ2) is 3.10. The Hall–Kier alpha value is -0.0400. The van der Waals surface area contributed by atoms with Gasteiger partial charge in [0.25, 0.3) is 0 Å². The maximum Gasteiger partial charge on any atom is 0.100 e. The first-order chi connectivity index (χ1) is 7.72.